The first-order valence-corrected chi connectivity index (χ1v) is 10.6. The molecule has 2 aliphatic heterocycles. The largest absolute Gasteiger partial charge is 0.488 e. The van der Waals surface area contributed by atoms with E-state index in [9.17, 15) is 13.2 Å². The van der Waals surface area contributed by atoms with Crippen LogP contribution in [-0.2, 0) is 21.2 Å². The molecule has 1 atom stereocenters. The molecule has 3 rings (SSSR count). The lowest BCUT2D eigenvalue weighted by Gasteiger charge is -2.30. The van der Waals surface area contributed by atoms with Gasteiger partial charge < -0.3 is 10.1 Å². The van der Waals surface area contributed by atoms with E-state index in [0.29, 0.717) is 38.9 Å². The number of carbonyl (C=O) groups excluding carboxylic acids is 1. The Hall–Kier alpha value is -1.60. The number of nitrogens with one attached hydrogen (secondary N) is 1. The van der Waals surface area contributed by atoms with Crippen molar-refractivity contribution in [3.05, 3.63) is 29.8 Å². The Morgan fingerprint density at radius 2 is 2.00 bits per heavy atom. The number of carbonyl (C=O) groups is 1. The number of fused-ring (bicyclic) bond motifs is 1. The van der Waals surface area contributed by atoms with Crippen molar-refractivity contribution in [1.82, 2.24) is 9.62 Å². The third-order valence-electron chi connectivity index (χ3n) is 4.90. The smallest absolute Gasteiger partial charge is 0.223 e. The van der Waals surface area contributed by atoms with Crippen LogP contribution in [-0.4, -0.2) is 50.1 Å². The highest BCUT2D eigenvalue weighted by Gasteiger charge is 2.31. The fourth-order valence-corrected chi connectivity index (χ4v) is 5.05. The van der Waals surface area contributed by atoms with Gasteiger partial charge in [-0.1, -0.05) is 25.1 Å². The average Bonchev–Trinajstić information content (AvgIpc) is 3.02. The van der Waals surface area contributed by atoms with Crippen molar-refractivity contribution in [3.8, 4) is 5.75 Å². The van der Waals surface area contributed by atoms with Crippen molar-refractivity contribution in [2.75, 3.05) is 25.4 Å². The Balaban J connectivity index is 1.43. The van der Waals surface area contributed by atoms with E-state index in [2.05, 4.69) is 5.32 Å². The Morgan fingerprint density at radius 3 is 2.68 bits per heavy atom. The third kappa shape index (κ3) is 4.33. The number of amides is 1. The first-order chi connectivity index (χ1) is 12.0. The molecule has 0 radical (unpaired) electrons. The summed E-state index contributed by atoms with van der Waals surface area (Å²) in [5, 5.41) is 2.98. The zero-order chi connectivity index (χ0) is 17.9. The molecule has 0 bridgehead atoms. The lowest BCUT2D eigenvalue weighted by Crippen LogP contribution is -2.45. The quantitative estimate of drug-likeness (QED) is 0.829. The molecule has 0 saturated carbocycles. The maximum absolute atomic E-state index is 12.4. The van der Waals surface area contributed by atoms with E-state index in [1.54, 1.807) is 0 Å². The number of ether oxygens (including phenoxy) is 1. The summed E-state index contributed by atoms with van der Waals surface area (Å²) >= 11 is 0. The molecule has 1 amide bonds. The summed E-state index contributed by atoms with van der Waals surface area (Å²) in [5.41, 5.74) is 1.18. The van der Waals surface area contributed by atoms with Crippen LogP contribution in [0.2, 0.25) is 0 Å². The normalized spacial score (nSPS) is 21.6. The lowest BCUT2D eigenvalue weighted by molar-refractivity contribution is -0.126. The van der Waals surface area contributed by atoms with Gasteiger partial charge in [0, 0.05) is 25.4 Å². The molecule has 138 valence electrons. The van der Waals surface area contributed by atoms with E-state index in [-0.39, 0.29) is 23.7 Å². The van der Waals surface area contributed by atoms with E-state index < -0.39 is 10.0 Å². The number of benzene rings is 1. The van der Waals surface area contributed by atoms with Crippen LogP contribution in [0.15, 0.2) is 24.3 Å². The van der Waals surface area contributed by atoms with Gasteiger partial charge in [-0.05, 0) is 30.9 Å². The first-order valence-electron chi connectivity index (χ1n) is 8.99. The van der Waals surface area contributed by atoms with E-state index >= 15 is 0 Å². The monoisotopic (exact) mass is 366 g/mol. The molecule has 0 aliphatic carbocycles. The van der Waals surface area contributed by atoms with Gasteiger partial charge in [-0.15, -0.1) is 0 Å². The van der Waals surface area contributed by atoms with E-state index in [1.165, 1.54) is 9.87 Å². The van der Waals surface area contributed by atoms with Gasteiger partial charge in [0.25, 0.3) is 0 Å². The Bertz CT molecular complexity index is 687. The SMILES string of the molecule is CCCS(=O)(=O)N1CCC(C(=O)NC[C@@H]2Cc3ccccc3O2)CC1. The van der Waals surface area contributed by atoms with Crippen LogP contribution in [0.25, 0.3) is 0 Å². The van der Waals surface area contributed by atoms with Gasteiger partial charge in [-0.25, -0.2) is 12.7 Å². The maximum Gasteiger partial charge on any atom is 0.223 e. The Kier molecular flexibility index (Phi) is 5.64. The van der Waals surface area contributed by atoms with Crippen LogP contribution >= 0.6 is 0 Å². The van der Waals surface area contributed by atoms with Gasteiger partial charge in [-0.2, -0.15) is 0 Å². The average molecular weight is 366 g/mol. The molecule has 0 spiro atoms. The highest BCUT2D eigenvalue weighted by atomic mass is 32.2. The fourth-order valence-electron chi connectivity index (χ4n) is 3.51. The zero-order valence-corrected chi connectivity index (χ0v) is 15.4. The minimum absolute atomic E-state index is 0.00657. The van der Waals surface area contributed by atoms with Crippen LogP contribution in [0, 0.1) is 5.92 Å². The van der Waals surface area contributed by atoms with Crippen LogP contribution in [0.3, 0.4) is 0 Å². The summed E-state index contributed by atoms with van der Waals surface area (Å²) in [6.45, 7) is 3.22. The second-order valence-corrected chi connectivity index (χ2v) is 8.87. The summed E-state index contributed by atoms with van der Waals surface area (Å²) in [4.78, 5) is 12.4. The highest BCUT2D eigenvalue weighted by molar-refractivity contribution is 7.89. The zero-order valence-electron chi connectivity index (χ0n) is 14.6. The van der Waals surface area contributed by atoms with Gasteiger partial charge in [0.05, 0.1) is 12.3 Å². The van der Waals surface area contributed by atoms with E-state index in [1.807, 2.05) is 31.2 Å². The van der Waals surface area contributed by atoms with Crippen LogP contribution in [0.5, 0.6) is 5.75 Å². The van der Waals surface area contributed by atoms with Gasteiger partial charge >= 0.3 is 0 Å². The Labute approximate surface area is 149 Å². The standard InChI is InChI=1S/C18H26N2O4S/c1-2-11-25(22,23)20-9-7-14(8-10-20)18(21)19-13-16-12-15-5-3-4-6-17(15)24-16/h3-6,14,16H,2,7-13H2,1H3,(H,19,21)/t16-/m0/s1. The molecule has 1 saturated heterocycles. The van der Waals surface area contributed by atoms with Crippen LogP contribution in [0.1, 0.15) is 31.7 Å². The van der Waals surface area contributed by atoms with Gasteiger partial charge in [0.1, 0.15) is 11.9 Å². The third-order valence-corrected chi connectivity index (χ3v) is 6.97. The van der Waals surface area contributed by atoms with Crippen molar-refractivity contribution in [2.45, 2.75) is 38.7 Å². The van der Waals surface area contributed by atoms with Crippen LogP contribution < -0.4 is 10.1 Å². The Morgan fingerprint density at radius 1 is 1.28 bits per heavy atom. The molecular weight excluding hydrogens is 340 g/mol. The molecule has 1 fully saturated rings. The number of hydrogen-bond acceptors (Lipinski definition) is 4. The molecule has 25 heavy (non-hydrogen) atoms. The topological polar surface area (TPSA) is 75.7 Å². The summed E-state index contributed by atoms with van der Waals surface area (Å²) in [7, 11) is -3.16. The van der Waals surface area contributed by atoms with Gasteiger partial charge in [-0.3, -0.25) is 4.79 Å². The van der Waals surface area contributed by atoms with Crippen LogP contribution in [0.4, 0.5) is 0 Å². The molecule has 1 aromatic carbocycles. The molecule has 2 heterocycles. The molecule has 2 aliphatic rings. The predicted octanol–water partition coefficient (Wildman–Crippen LogP) is 1.56. The second kappa shape index (κ2) is 7.74. The molecule has 7 heteroatoms. The summed E-state index contributed by atoms with van der Waals surface area (Å²) in [5.74, 6) is 0.976. The second-order valence-electron chi connectivity index (χ2n) is 6.79. The fraction of sp³-hybridized carbons (Fsp3) is 0.611. The van der Waals surface area contributed by atoms with Gasteiger partial charge in [0.15, 0.2) is 0 Å². The number of para-hydroxylation sites is 1. The number of piperidine rings is 1. The maximum atomic E-state index is 12.4. The number of rotatable bonds is 6. The molecular formula is C18H26N2O4S. The molecule has 0 unspecified atom stereocenters. The van der Waals surface area contributed by atoms with Crippen molar-refractivity contribution in [3.63, 3.8) is 0 Å². The van der Waals surface area contributed by atoms with Crippen molar-refractivity contribution < 1.29 is 17.9 Å². The van der Waals surface area contributed by atoms with Crippen molar-refractivity contribution >= 4 is 15.9 Å². The molecule has 0 aromatic heterocycles. The minimum Gasteiger partial charge on any atom is -0.488 e. The summed E-state index contributed by atoms with van der Waals surface area (Å²) in [6, 6.07) is 7.93. The number of nitrogens with zero attached hydrogens (tertiary/aromatic N) is 1. The number of sulfonamides is 1. The van der Waals surface area contributed by atoms with Gasteiger partial charge in [0.2, 0.25) is 15.9 Å². The predicted molar refractivity (Wildman–Crippen MR) is 95.9 cm³/mol. The van der Waals surface area contributed by atoms with Crippen molar-refractivity contribution in [1.29, 1.82) is 0 Å². The summed E-state index contributed by atoms with van der Waals surface area (Å²) in [6.07, 6.45) is 2.57. The molecule has 1 aromatic rings. The molecule has 6 nitrogen and oxygen atoms in total. The first kappa shape index (κ1) is 18.2. The highest BCUT2D eigenvalue weighted by Crippen LogP contribution is 2.28. The minimum atomic E-state index is -3.16. The molecule has 1 N–H and O–H groups in total. The van der Waals surface area contributed by atoms with E-state index in [4.69, 9.17) is 4.74 Å². The number of hydrogen-bond donors (Lipinski definition) is 1. The lowest BCUT2D eigenvalue weighted by atomic mass is 9.97. The van der Waals surface area contributed by atoms with Crippen molar-refractivity contribution in [2.24, 2.45) is 5.92 Å². The summed E-state index contributed by atoms with van der Waals surface area (Å²) < 4.78 is 31.5. The van der Waals surface area contributed by atoms with E-state index in [0.717, 1.165) is 12.2 Å².